The maximum Gasteiger partial charge on any atom is 0.0148 e. The summed E-state index contributed by atoms with van der Waals surface area (Å²) in [6.07, 6.45) is 6.45. The minimum atomic E-state index is 1.26. The van der Waals surface area contributed by atoms with Gasteiger partial charge in [-0.05, 0) is 88.5 Å². The Morgan fingerprint density at radius 3 is 0.933 bits per heavy atom. The second-order valence-corrected chi connectivity index (χ2v) is 9.44. The zero-order valence-electron chi connectivity index (χ0n) is 17.4. The van der Waals surface area contributed by atoms with Crippen LogP contribution in [-0.2, 0) is 0 Å². The fraction of sp³-hybridized carbons (Fsp3) is 0.111. The average Bonchev–Trinajstić information content (AvgIpc) is 2.83. The summed E-state index contributed by atoms with van der Waals surface area (Å²) in [7, 11) is 0. The van der Waals surface area contributed by atoms with Crippen LogP contribution in [0.25, 0.3) is 33.4 Å². The lowest BCUT2D eigenvalue weighted by atomic mass is 9.93. The van der Waals surface area contributed by atoms with Gasteiger partial charge in [0, 0.05) is 14.7 Å². The van der Waals surface area contributed by atoms with Gasteiger partial charge in [-0.3, -0.25) is 0 Å². The molecule has 0 aromatic heterocycles. The van der Waals surface area contributed by atoms with Crippen LogP contribution in [0.3, 0.4) is 0 Å². The van der Waals surface area contributed by atoms with Crippen molar-refractivity contribution in [3.8, 4) is 33.4 Å². The molecule has 4 aromatic carbocycles. The molecule has 150 valence electrons. The molecule has 0 atom stereocenters. The Labute approximate surface area is 192 Å². The molecule has 0 aliphatic carbocycles. The summed E-state index contributed by atoms with van der Waals surface area (Å²) in [5.41, 5.74) is 7.65. The Balaban J connectivity index is 2.00. The van der Waals surface area contributed by atoms with Crippen LogP contribution < -0.4 is 0 Å². The van der Waals surface area contributed by atoms with Crippen molar-refractivity contribution >= 4 is 35.3 Å². The first-order valence-electron chi connectivity index (χ1n) is 9.80. The zero-order valence-corrected chi connectivity index (χ0v) is 19.8. The van der Waals surface area contributed by atoms with Gasteiger partial charge in [-0.15, -0.1) is 35.3 Å². The predicted octanol–water partition coefficient (Wildman–Crippen LogP) is 8.85. The molecule has 0 saturated carbocycles. The van der Waals surface area contributed by atoms with Crippen molar-refractivity contribution in [3.05, 3.63) is 91.0 Å². The van der Waals surface area contributed by atoms with Gasteiger partial charge in [-0.25, -0.2) is 0 Å². The van der Waals surface area contributed by atoms with Crippen LogP contribution in [0.1, 0.15) is 0 Å². The lowest BCUT2D eigenvalue weighted by Crippen LogP contribution is -1.90. The predicted molar refractivity (Wildman–Crippen MR) is 138 cm³/mol. The van der Waals surface area contributed by atoms with Crippen LogP contribution >= 0.6 is 35.3 Å². The third-order valence-corrected chi connectivity index (χ3v) is 7.57. The molecule has 3 heteroatoms. The third-order valence-electron chi connectivity index (χ3n) is 5.19. The van der Waals surface area contributed by atoms with Gasteiger partial charge < -0.3 is 0 Å². The third kappa shape index (κ3) is 4.34. The number of hydrogen-bond acceptors (Lipinski definition) is 3. The maximum absolute atomic E-state index is 2.34. The summed E-state index contributed by atoms with van der Waals surface area (Å²) >= 11 is 5.40. The molecular weight excluding hydrogens is 420 g/mol. The Hall–Kier alpha value is -2.07. The number of rotatable bonds is 6. The first-order valence-corrected chi connectivity index (χ1v) is 13.5. The summed E-state index contributed by atoms with van der Waals surface area (Å²) < 4.78 is 0. The molecule has 0 aliphatic heterocycles. The Kier molecular flexibility index (Phi) is 6.93. The summed E-state index contributed by atoms with van der Waals surface area (Å²) in [6, 6.07) is 33.1. The van der Waals surface area contributed by atoms with Crippen LogP contribution in [0.2, 0.25) is 0 Å². The van der Waals surface area contributed by atoms with Crippen molar-refractivity contribution < 1.29 is 0 Å². The summed E-state index contributed by atoms with van der Waals surface area (Å²) in [5.74, 6) is 0. The van der Waals surface area contributed by atoms with Crippen LogP contribution in [0.15, 0.2) is 106 Å². The fourth-order valence-electron chi connectivity index (χ4n) is 3.74. The molecule has 0 spiro atoms. The van der Waals surface area contributed by atoms with E-state index in [9.17, 15) is 0 Å². The van der Waals surface area contributed by atoms with E-state index in [0.717, 1.165) is 0 Å². The van der Waals surface area contributed by atoms with Gasteiger partial charge in [0.15, 0.2) is 0 Å². The van der Waals surface area contributed by atoms with Crippen molar-refractivity contribution in [3.63, 3.8) is 0 Å². The summed E-state index contributed by atoms with van der Waals surface area (Å²) in [6.45, 7) is 0. The Morgan fingerprint density at radius 1 is 0.400 bits per heavy atom. The molecule has 0 N–H and O–H groups in total. The van der Waals surface area contributed by atoms with Crippen LogP contribution in [0.5, 0.6) is 0 Å². The largest absolute Gasteiger partial charge is 0.129 e. The first-order chi connectivity index (χ1) is 14.7. The molecule has 0 unspecified atom stereocenters. The summed E-state index contributed by atoms with van der Waals surface area (Å²) in [4.78, 5) is 3.91. The molecule has 0 saturated heterocycles. The van der Waals surface area contributed by atoms with Gasteiger partial charge in [-0.2, -0.15) is 0 Å². The molecule has 0 bridgehead atoms. The lowest BCUT2D eigenvalue weighted by Gasteiger charge is -2.16. The standard InChI is InChI=1S/C27H24S3/c1-28-25-13-7-4-10-22(25)19-16-20(23-11-5-8-14-26(23)29-2)18-21(17-19)24-12-6-9-15-27(24)30-3/h4-18H,1-3H3. The van der Waals surface area contributed by atoms with Crippen molar-refractivity contribution in [2.75, 3.05) is 18.8 Å². The fourth-order valence-corrected chi connectivity index (χ4v) is 5.60. The molecule has 0 nitrogen and oxygen atoms in total. The highest BCUT2D eigenvalue weighted by molar-refractivity contribution is 7.99. The molecule has 0 fully saturated rings. The van der Waals surface area contributed by atoms with Crippen molar-refractivity contribution in [2.45, 2.75) is 14.7 Å². The van der Waals surface area contributed by atoms with Gasteiger partial charge in [0.05, 0.1) is 0 Å². The smallest absolute Gasteiger partial charge is 0.0148 e. The highest BCUT2D eigenvalue weighted by Gasteiger charge is 2.13. The van der Waals surface area contributed by atoms with E-state index in [0.29, 0.717) is 0 Å². The first kappa shape index (κ1) is 21.2. The SMILES string of the molecule is CSc1ccccc1-c1cc(-c2ccccc2SC)cc(-c2ccccc2SC)c1. The zero-order chi connectivity index (χ0) is 20.9. The van der Waals surface area contributed by atoms with Gasteiger partial charge in [-0.1, -0.05) is 54.6 Å². The minimum Gasteiger partial charge on any atom is -0.129 e. The van der Waals surface area contributed by atoms with E-state index in [1.807, 2.05) is 0 Å². The molecule has 0 heterocycles. The van der Waals surface area contributed by atoms with E-state index in [4.69, 9.17) is 0 Å². The summed E-state index contributed by atoms with van der Waals surface area (Å²) in [5, 5.41) is 0. The highest BCUT2D eigenvalue weighted by Crippen LogP contribution is 2.40. The quantitative estimate of drug-likeness (QED) is 0.273. The number of hydrogen-bond donors (Lipinski definition) is 0. The molecule has 30 heavy (non-hydrogen) atoms. The van der Waals surface area contributed by atoms with Crippen LogP contribution in [-0.4, -0.2) is 18.8 Å². The van der Waals surface area contributed by atoms with Gasteiger partial charge in [0.25, 0.3) is 0 Å². The number of benzene rings is 4. The van der Waals surface area contributed by atoms with Crippen molar-refractivity contribution in [1.29, 1.82) is 0 Å². The normalized spacial score (nSPS) is 10.9. The Morgan fingerprint density at radius 2 is 0.667 bits per heavy atom. The molecule has 0 aliphatic rings. The van der Waals surface area contributed by atoms with Crippen LogP contribution in [0.4, 0.5) is 0 Å². The van der Waals surface area contributed by atoms with E-state index in [-0.39, 0.29) is 0 Å². The van der Waals surface area contributed by atoms with E-state index >= 15 is 0 Å². The average molecular weight is 445 g/mol. The minimum absolute atomic E-state index is 1.26. The maximum atomic E-state index is 2.34. The van der Waals surface area contributed by atoms with Crippen molar-refractivity contribution in [2.24, 2.45) is 0 Å². The van der Waals surface area contributed by atoms with Crippen LogP contribution in [0, 0.1) is 0 Å². The van der Waals surface area contributed by atoms with E-state index in [1.165, 1.54) is 48.1 Å². The van der Waals surface area contributed by atoms with E-state index in [1.54, 1.807) is 35.3 Å². The van der Waals surface area contributed by atoms with Gasteiger partial charge in [0.2, 0.25) is 0 Å². The van der Waals surface area contributed by atoms with Gasteiger partial charge in [0.1, 0.15) is 0 Å². The highest BCUT2D eigenvalue weighted by atomic mass is 32.2. The van der Waals surface area contributed by atoms with E-state index in [2.05, 4.69) is 110 Å². The molecule has 0 radical (unpaired) electrons. The molecule has 4 aromatic rings. The number of thioether (sulfide) groups is 3. The second kappa shape index (κ2) is 9.82. The monoisotopic (exact) mass is 444 g/mol. The molecular formula is C27H24S3. The lowest BCUT2D eigenvalue weighted by molar-refractivity contribution is 1.41. The Bertz CT molecular complexity index is 1010. The topological polar surface area (TPSA) is 0 Å². The molecule has 4 rings (SSSR count). The van der Waals surface area contributed by atoms with Crippen molar-refractivity contribution in [1.82, 2.24) is 0 Å². The second-order valence-electron chi connectivity index (χ2n) is 6.90. The van der Waals surface area contributed by atoms with E-state index < -0.39 is 0 Å². The molecule has 0 amide bonds. The van der Waals surface area contributed by atoms with Gasteiger partial charge >= 0.3 is 0 Å².